The zero-order valence-electron chi connectivity index (χ0n) is 14.3. The van der Waals surface area contributed by atoms with Crippen LogP contribution in [0.1, 0.15) is 31.2 Å². The van der Waals surface area contributed by atoms with Crippen LogP contribution in [0.2, 0.25) is 0 Å². The first-order chi connectivity index (χ1) is 11.4. The molecule has 23 heavy (non-hydrogen) atoms. The SMILES string of the molecule is COc1ccccc1CC(NC1CCNCC1)C1CCNCC1. The van der Waals surface area contributed by atoms with E-state index in [1.54, 1.807) is 7.11 Å². The second-order valence-electron chi connectivity index (χ2n) is 6.90. The lowest BCUT2D eigenvalue weighted by molar-refractivity contribution is 0.240. The number of rotatable bonds is 6. The van der Waals surface area contributed by atoms with Crippen LogP contribution in [-0.4, -0.2) is 45.4 Å². The third-order valence-electron chi connectivity index (χ3n) is 5.37. The van der Waals surface area contributed by atoms with E-state index in [0.29, 0.717) is 12.1 Å². The number of methoxy groups -OCH3 is 1. The van der Waals surface area contributed by atoms with Crippen molar-refractivity contribution in [3.8, 4) is 5.75 Å². The minimum atomic E-state index is 0.552. The zero-order chi connectivity index (χ0) is 15.9. The van der Waals surface area contributed by atoms with Gasteiger partial charge in [0.25, 0.3) is 0 Å². The molecule has 3 N–H and O–H groups in total. The molecule has 4 nitrogen and oxygen atoms in total. The molecule has 3 rings (SSSR count). The third-order valence-corrected chi connectivity index (χ3v) is 5.37. The molecule has 0 spiro atoms. The maximum absolute atomic E-state index is 5.57. The third kappa shape index (κ3) is 4.69. The fourth-order valence-electron chi connectivity index (χ4n) is 4.01. The number of benzene rings is 1. The molecule has 2 aliphatic rings. The number of piperidine rings is 2. The van der Waals surface area contributed by atoms with Gasteiger partial charge in [-0.2, -0.15) is 0 Å². The van der Waals surface area contributed by atoms with E-state index in [1.165, 1.54) is 31.2 Å². The summed E-state index contributed by atoms with van der Waals surface area (Å²) >= 11 is 0. The molecule has 4 heteroatoms. The number of para-hydroxylation sites is 1. The second-order valence-corrected chi connectivity index (χ2v) is 6.90. The van der Waals surface area contributed by atoms with Crippen molar-refractivity contribution >= 4 is 0 Å². The fraction of sp³-hybridized carbons (Fsp3) is 0.684. The van der Waals surface area contributed by atoms with Crippen LogP contribution in [-0.2, 0) is 6.42 Å². The summed E-state index contributed by atoms with van der Waals surface area (Å²) in [6.07, 6.45) is 6.11. The average molecular weight is 317 g/mol. The molecule has 0 aliphatic carbocycles. The van der Waals surface area contributed by atoms with Gasteiger partial charge in [0.15, 0.2) is 0 Å². The first kappa shape index (κ1) is 16.7. The molecule has 0 saturated carbocycles. The van der Waals surface area contributed by atoms with Crippen LogP contribution in [0.3, 0.4) is 0 Å². The molecule has 0 aromatic heterocycles. The van der Waals surface area contributed by atoms with E-state index in [4.69, 9.17) is 4.74 Å². The van der Waals surface area contributed by atoms with E-state index in [9.17, 15) is 0 Å². The van der Waals surface area contributed by atoms with Crippen LogP contribution in [0.15, 0.2) is 24.3 Å². The number of hydrogen-bond donors (Lipinski definition) is 3. The Bertz CT molecular complexity index is 467. The van der Waals surface area contributed by atoms with Crippen LogP contribution in [0.5, 0.6) is 5.75 Å². The predicted molar refractivity (Wildman–Crippen MR) is 95.1 cm³/mol. The lowest BCUT2D eigenvalue weighted by Gasteiger charge is -2.36. The van der Waals surface area contributed by atoms with E-state index in [-0.39, 0.29) is 0 Å². The predicted octanol–water partition coefficient (Wildman–Crippen LogP) is 1.95. The molecule has 0 amide bonds. The highest BCUT2D eigenvalue weighted by atomic mass is 16.5. The lowest BCUT2D eigenvalue weighted by atomic mass is 9.85. The first-order valence-corrected chi connectivity index (χ1v) is 9.16. The standard InChI is InChI=1S/C19H31N3O/c1-23-19-5-3-2-4-16(19)14-18(15-6-10-20-11-7-15)22-17-8-12-21-13-9-17/h2-5,15,17-18,20-22H,6-14H2,1H3. The molecule has 128 valence electrons. The van der Waals surface area contributed by atoms with Gasteiger partial charge in [-0.05, 0) is 75.8 Å². The Morgan fingerprint density at radius 2 is 1.70 bits per heavy atom. The number of ether oxygens (including phenoxy) is 1. The number of hydrogen-bond acceptors (Lipinski definition) is 4. The Kier molecular flexibility index (Phi) is 6.31. The van der Waals surface area contributed by atoms with E-state index in [1.807, 2.05) is 0 Å². The normalized spacial score (nSPS) is 22.0. The number of nitrogens with one attached hydrogen (secondary N) is 3. The zero-order valence-corrected chi connectivity index (χ0v) is 14.3. The molecule has 2 aliphatic heterocycles. The van der Waals surface area contributed by atoms with Crippen LogP contribution in [0.25, 0.3) is 0 Å². The first-order valence-electron chi connectivity index (χ1n) is 9.16. The maximum Gasteiger partial charge on any atom is 0.122 e. The van der Waals surface area contributed by atoms with Gasteiger partial charge in [-0.3, -0.25) is 0 Å². The Morgan fingerprint density at radius 1 is 1.04 bits per heavy atom. The fourth-order valence-corrected chi connectivity index (χ4v) is 4.01. The summed E-state index contributed by atoms with van der Waals surface area (Å²) in [6.45, 7) is 4.60. The molecule has 2 fully saturated rings. The van der Waals surface area contributed by atoms with Crippen molar-refractivity contribution in [1.29, 1.82) is 0 Å². The van der Waals surface area contributed by atoms with Gasteiger partial charge < -0.3 is 20.7 Å². The van der Waals surface area contributed by atoms with E-state index in [2.05, 4.69) is 40.2 Å². The van der Waals surface area contributed by atoms with E-state index >= 15 is 0 Å². The van der Waals surface area contributed by atoms with Crippen molar-refractivity contribution in [3.05, 3.63) is 29.8 Å². The largest absolute Gasteiger partial charge is 0.496 e. The van der Waals surface area contributed by atoms with E-state index < -0.39 is 0 Å². The molecular formula is C19H31N3O. The Labute approximate surface area is 140 Å². The highest BCUT2D eigenvalue weighted by molar-refractivity contribution is 5.34. The summed E-state index contributed by atoms with van der Waals surface area (Å²) in [4.78, 5) is 0. The molecule has 1 aromatic carbocycles. The highest BCUT2D eigenvalue weighted by Crippen LogP contribution is 2.25. The monoisotopic (exact) mass is 317 g/mol. The minimum absolute atomic E-state index is 0.552. The molecular weight excluding hydrogens is 286 g/mol. The molecule has 2 saturated heterocycles. The van der Waals surface area contributed by atoms with Gasteiger partial charge in [-0.25, -0.2) is 0 Å². The van der Waals surface area contributed by atoms with Gasteiger partial charge in [0.1, 0.15) is 5.75 Å². The van der Waals surface area contributed by atoms with Crippen LogP contribution in [0.4, 0.5) is 0 Å². The van der Waals surface area contributed by atoms with Crippen molar-refractivity contribution in [2.75, 3.05) is 33.3 Å². The molecule has 1 atom stereocenters. The van der Waals surface area contributed by atoms with Gasteiger partial charge in [-0.1, -0.05) is 18.2 Å². The van der Waals surface area contributed by atoms with Gasteiger partial charge >= 0.3 is 0 Å². The summed E-state index contributed by atoms with van der Waals surface area (Å²) in [5, 5.41) is 11.0. The summed E-state index contributed by atoms with van der Waals surface area (Å²) in [5.74, 6) is 1.79. The lowest BCUT2D eigenvalue weighted by Crippen LogP contribution is -2.50. The molecule has 2 heterocycles. The van der Waals surface area contributed by atoms with Crippen molar-refractivity contribution < 1.29 is 4.74 Å². The quantitative estimate of drug-likeness (QED) is 0.750. The molecule has 1 unspecified atom stereocenters. The molecule has 0 radical (unpaired) electrons. The summed E-state index contributed by atoms with van der Waals surface area (Å²) < 4.78 is 5.57. The second kappa shape index (κ2) is 8.67. The van der Waals surface area contributed by atoms with Crippen molar-refractivity contribution in [2.45, 2.75) is 44.2 Å². The Morgan fingerprint density at radius 3 is 2.39 bits per heavy atom. The summed E-state index contributed by atoms with van der Waals surface area (Å²) in [6, 6.07) is 9.70. The van der Waals surface area contributed by atoms with Crippen LogP contribution in [0, 0.1) is 5.92 Å². The van der Waals surface area contributed by atoms with Gasteiger partial charge in [0, 0.05) is 12.1 Å². The summed E-state index contributed by atoms with van der Waals surface area (Å²) in [7, 11) is 1.78. The minimum Gasteiger partial charge on any atom is -0.496 e. The average Bonchev–Trinajstić information content (AvgIpc) is 2.63. The topological polar surface area (TPSA) is 45.3 Å². The van der Waals surface area contributed by atoms with Gasteiger partial charge in [0.2, 0.25) is 0 Å². The summed E-state index contributed by atoms with van der Waals surface area (Å²) in [5.41, 5.74) is 1.33. The van der Waals surface area contributed by atoms with Gasteiger partial charge in [0.05, 0.1) is 7.11 Å². The van der Waals surface area contributed by atoms with Crippen LogP contribution < -0.4 is 20.7 Å². The smallest absolute Gasteiger partial charge is 0.122 e. The molecule has 1 aromatic rings. The Hall–Kier alpha value is -1.10. The van der Waals surface area contributed by atoms with Crippen molar-refractivity contribution in [2.24, 2.45) is 5.92 Å². The van der Waals surface area contributed by atoms with Crippen molar-refractivity contribution in [3.63, 3.8) is 0 Å². The van der Waals surface area contributed by atoms with Crippen LogP contribution >= 0.6 is 0 Å². The Balaban J connectivity index is 1.70. The highest BCUT2D eigenvalue weighted by Gasteiger charge is 2.27. The maximum atomic E-state index is 5.57. The van der Waals surface area contributed by atoms with E-state index in [0.717, 1.165) is 44.3 Å². The van der Waals surface area contributed by atoms with Gasteiger partial charge in [-0.15, -0.1) is 0 Å². The molecule has 0 bridgehead atoms. The van der Waals surface area contributed by atoms with Crippen molar-refractivity contribution in [1.82, 2.24) is 16.0 Å².